The van der Waals surface area contributed by atoms with Crippen molar-refractivity contribution in [3.8, 4) is 5.75 Å². The Bertz CT molecular complexity index is 992. The van der Waals surface area contributed by atoms with Gasteiger partial charge in [-0.25, -0.2) is 8.42 Å². The Kier molecular flexibility index (Phi) is 6.73. The fraction of sp³-hybridized carbons (Fsp3) is 0.278. The molecule has 1 aliphatic rings. The summed E-state index contributed by atoms with van der Waals surface area (Å²) in [6.45, 7) is 0.707. The van der Waals surface area contributed by atoms with Crippen LogP contribution in [0.3, 0.4) is 0 Å². The molecule has 0 unspecified atom stereocenters. The fourth-order valence-electron chi connectivity index (χ4n) is 2.75. The highest BCUT2D eigenvalue weighted by molar-refractivity contribution is 7.89. The molecule has 28 heavy (non-hydrogen) atoms. The molecule has 3 rings (SSSR count). The van der Waals surface area contributed by atoms with Gasteiger partial charge in [0, 0.05) is 18.8 Å². The second kappa shape index (κ2) is 8.88. The molecule has 0 aromatic heterocycles. The molecule has 2 aromatic carbocycles. The van der Waals surface area contributed by atoms with Gasteiger partial charge in [-0.15, -0.1) is 0 Å². The van der Waals surface area contributed by atoms with E-state index in [1.54, 1.807) is 12.1 Å². The maximum Gasteiger partial charge on any atom is 0.262 e. The Morgan fingerprint density at radius 2 is 1.71 bits per heavy atom. The van der Waals surface area contributed by atoms with Crippen LogP contribution in [0.4, 0.5) is 5.69 Å². The van der Waals surface area contributed by atoms with Gasteiger partial charge in [0.15, 0.2) is 6.61 Å². The van der Waals surface area contributed by atoms with Crippen molar-refractivity contribution in [3.05, 3.63) is 51.5 Å². The molecule has 0 radical (unpaired) electrons. The van der Waals surface area contributed by atoms with Gasteiger partial charge in [-0.3, -0.25) is 4.79 Å². The van der Waals surface area contributed by atoms with Crippen molar-refractivity contribution in [1.82, 2.24) is 4.31 Å². The molecule has 1 N–H and O–H groups in total. The molecule has 1 aliphatic heterocycles. The molecule has 1 heterocycles. The lowest BCUT2D eigenvalue weighted by molar-refractivity contribution is -0.118. The first-order chi connectivity index (χ1) is 13.3. The van der Waals surface area contributed by atoms with E-state index in [4.69, 9.17) is 39.5 Å². The summed E-state index contributed by atoms with van der Waals surface area (Å²) in [6.07, 6.45) is 1.70. The highest BCUT2D eigenvalue weighted by Crippen LogP contribution is 2.30. The van der Waals surface area contributed by atoms with Crippen molar-refractivity contribution >= 4 is 56.4 Å². The fourth-order valence-corrected chi connectivity index (χ4v) is 4.89. The van der Waals surface area contributed by atoms with Crippen LogP contribution in [-0.2, 0) is 14.8 Å². The molecular weight excluding hydrogens is 447 g/mol. The predicted octanol–water partition coefficient (Wildman–Crippen LogP) is 4.45. The number of benzene rings is 2. The van der Waals surface area contributed by atoms with E-state index in [0.717, 1.165) is 12.8 Å². The van der Waals surface area contributed by atoms with Crippen LogP contribution < -0.4 is 10.1 Å². The number of amides is 1. The van der Waals surface area contributed by atoms with Crippen molar-refractivity contribution in [2.24, 2.45) is 0 Å². The number of nitrogens with zero attached hydrogens (tertiary/aromatic N) is 1. The molecule has 2 aromatic rings. The molecule has 0 saturated carbocycles. The number of hydrogen-bond acceptors (Lipinski definition) is 4. The monoisotopic (exact) mass is 462 g/mol. The zero-order valence-corrected chi connectivity index (χ0v) is 17.7. The molecule has 0 spiro atoms. The lowest BCUT2D eigenvalue weighted by atomic mass is 10.3. The topological polar surface area (TPSA) is 75.7 Å². The third kappa shape index (κ3) is 4.90. The van der Waals surface area contributed by atoms with Crippen LogP contribution in [0.15, 0.2) is 41.3 Å². The smallest absolute Gasteiger partial charge is 0.262 e. The Balaban J connectivity index is 1.63. The highest BCUT2D eigenvalue weighted by Gasteiger charge is 2.27. The first-order valence-electron chi connectivity index (χ1n) is 8.45. The number of hydrogen-bond donors (Lipinski definition) is 1. The number of ether oxygens (including phenoxy) is 1. The zero-order chi connectivity index (χ0) is 20.3. The van der Waals surface area contributed by atoms with Gasteiger partial charge in [-0.05, 0) is 49.2 Å². The molecule has 1 amide bonds. The minimum Gasteiger partial charge on any atom is -0.482 e. The standard InChI is InChI=1S/C18H17Cl3N2O4S/c19-14-5-3-12(9-15(14)20)22-18(24)11-27-17-6-4-13(10-16(17)21)28(25,26)23-7-1-2-8-23/h3-6,9-10H,1-2,7-8,11H2,(H,22,24). The number of halogens is 3. The first-order valence-corrected chi connectivity index (χ1v) is 11.0. The maximum absolute atomic E-state index is 12.6. The largest absolute Gasteiger partial charge is 0.482 e. The molecular formula is C18H17Cl3N2O4S. The minimum absolute atomic E-state index is 0.104. The summed E-state index contributed by atoms with van der Waals surface area (Å²) in [5.74, 6) is -0.213. The van der Waals surface area contributed by atoms with E-state index in [9.17, 15) is 13.2 Å². The van der Waals surface area contributed by atoms with Gasteiger partial charge in [0.2, 0.25) is 10.0 Å². The third-order valence-corrected chi connectivity index (χ3v) is 7.10. The van der Waals surface area contributed by atoms with E-state index in [2.05, 4.69) is 5.32 Å². The molecule has 6 nitrogen and oxygen atoms in total. The molecule has 1 saturated heterocycles. The van der Waals surface area contributed by atoms with E-state index in [0.29, 0.717) is 28.8 Å². The number of sulfonamides is 1. The summed E-state index contributed by atoms with van der Waals surface area (Å²) in [7, 11) is -3.57. The van der Waals surface area contributed by atoms with Gasteiger partial charge < -0.3 is 10.1 Å². The van der Waals surface area contributed by atoms with Crippen molar-refractivity contribution < 1.29 is 17.9 Å². The molecule has 0 aliphatic carbocycles. The van der Waals surface area contributed by atoms with Crippen LogP contribution in [0.2, 0.25) is 15.1 Å². The first kappa shape index (κ1) is 21.2. The Hall–Kier alpha value is -1.51. The Labute approximate surface area is 178 Å². The van der Waals surface area contributed by atoms with Gasteiger partial charge in [-0.1, -0.05) is 34.8 Å². The van der Waals surface area contributed by atoms with Crippen LogP contribution in [0.1, 0.15) is 12.8 Å². The number of carbonyl (C=O) groups excluding carboxylic acids is 1. The average molecular weight is 464 g/mol. The molecule has 0 bridgehead atoms. The van der Waals surface area contributed by atoms with Crippen molar-refractivity contribution in [1.29, 1.82) is 0 Å². The van der Waals surface area contributed by atoms with E-state index < -0.39 is 15.9 Å². The SMILES string of the molecule is O=C(COc1ccc(S(=O)(=O)N2CCCC2)cc1Cl)Nc1ccc(Cl)c(Cl)c1. The summed E-state index contributed by atoms with van der Waals surface area (Å²) >= 11 is 17.9. The van der Waals surface area contributed by atoms with Gasteiger partial charge >= 0.3 is 0 Å². The predicted molar refractivity (Wildman–Crippen MR) is 110 cm³/mol. The summed E-state index contributed by atoms with van der Waals surface area (Å²) < 4.78 is 32.0. The van der Waals surface area contributed by atoms with Gasteiger partial charge in [0.1, 0.15) is 5.75 Å². The van der Waals surface area contributed by atoms with Crippen LogP contribution in [-0.4, -0.2) is 38.3 Å². The number of carbonyl (C=O) groups is 1. The van der Waals surface area contributed by atoms with Gasteiger partial charge in [0.05, 0.1) is 20.0 Å². The number of nitrogens with one attached hydrogen (secondary N) is 1. The normalized spacial score (nSPS) is 14.8. The quantitative estimate of drug-likeness (QED) is 0.687. The molecule has 0 atom stereocenters. The van der Waals surface area contributed by atoms with Crippen LogP contribution in [0.25, 0.3) is 0 Å². The maximum atomic E-state index is 12.6. The van der Waals surface area contributed by atoms with Gasteiger partial charge in [-0.2, -0.15) is 4.31 Å². The summed E-state index contributed by atoms with van der Waals surface area (Å²) in [5.41, 5.74) is 0.473. The molecule has 150 valence electrons. The second-order valence-corrected chi connectivity index (χ2v) is 9.33. The lowest BCUT2D eigenvalue weighted by Gasteiger charge is -2.16. The highest BCUT2D eigenvalue weighted by atomic mass is 35.5. The average Bonchev–Trinajstić information content (AvgIpc) is 3.19. The third-order valence-electron chi connectivity index (χ3n) is 4.17. The molecule has 10 heteroatoms. The van der Waals surface area contributed by atoms with E-state index in [1.165, 1.54) is 28.6 Å². The van der Waals surface area contributed by atoms with Gasteiger partial charge in [0.25, 0.3) is 5.91 Å². The van der Waals surface area contributed by atoms with E-state index in [-0.39, 0.29) is 22.3 Å². The van der Waals surface area contributed by atoms with Crippen LogP contribution in [0.5, 0.6) is 5.75 Å². The summed E-state index contributed by atoms with van der Waals surface area (Å²) in [5, 5.41) is 3.43. The Morgan fingerprint density at radius 1 is 1.00 bits per heavy atom. The molecule has 1 fully saturated rings. The second-order valence-electron chi connectivity index (χ2n) is 6.17. The number of rotatable bonds is 6. The zero-order valence-electron chi connectivity index (χ0n) is 14.6. The van der Waals surface area contributed by atoms with Crippen LogP contribution in [0, 0.1) is 0 Å². The van der Waals surface area contributed by atoms with Crippen molar-refractivity contribution in [3.63, 3.8) is 0 Å². The van der Waals surface area contributed by atoms with Crippen molar-refractivity contribution in [2.75, 3.05) is 25.0 Å². The summed E-state index contributed by atoms with van der Waals surface area (Å²) in [4.78, 5) is 12.1. The van der Waals surface area contributed by atoms with E-state index in [1.807, 2.05) is 0 Å². The Morgan fingerprint density at radius 3 is 2.36 bits per heavy atom. The lowest BCUT2D eigenvalue weighted by Crippen LogP contribution is -2.27. The number of anilines is 1. The minimum atomic E-state index is -3.57. The van der Waals surface area contributed by atoms with E-state index >= 15 is 0 Å². The van der Waals surface area contributed by atoms with Crippen molar-refractivity contribution in [2.45, 2.75) is 17.7 Å². The van der Waals surface area contributed by atoms with Crippen LogP contribution >= 0.6 is 34.8 Å². The summed E-state index contributed by atoms with van der Waals surface area (Å²) in [6, 6.07) is 8.89.